The van der Waals surface area contributed by atoms with Crippen LogP contribution < -0.4 is 10.9 Å². The molecular weight excluding hydrogens is 350 g/mol. The van der Waals surface area contributed by atoms with E-state index in [-0.39, 0.29) is 23.9 Å². The van der Waals surface area contributed by atoms with Gasteiger partial charge in [0.1, 0.15) is 6.54 Å². The fraction of sp³-hybridized carbons (Fsp3) is 0.348. The summed E-state index contributed by atoms with van der Waals surface area (Å²) in [6.07, 6.45) is 1.45. The van der Waals surface area contributed by atoms with Gasteiger partial charge in [-0.25, -0.2) is 4.98 Å². The molecule has 1 heterocycles. The molecule has 0 fully saturated rings. The maximum absolute atomic E-state index is 12.7. The van der Waals surface area contributed by atoms with E-state index < -0.39 is 0 Å². The van der Waals surface area contributed by atoms with Crippen LogP contribution >= 0.6 is 0 Å². The van der Waals surface area contributed by atoms with Gasteiger partial charge in [-0.15, -0.1) is 0 Å². The number of para-hydroxylation sites is 1. The quantitative estimate of drug-likeness (QED) is 0.707. The zero-order valence-electron chi connectivity index (χ0n) is 17.1. The SMILES string of the molecule is Cc1cccc2c(=O)n(CC(=O)Nc3ccc(C(C)C)cc3C(C)C)cnc12. The number of nitrogens with zero attached hydrogens (tertiary/aromatic N) is 2. The number of rotatable bonds is 5. The number of fused-ring (bicyclic) bond motifs is 1. The van der Waals surface area contributed by atoms with Crippen molar-refractivity contribution in [2.45, 2.75) is 53.0 Å². The van der Waals surface area contributed by atoms with Crippen molar-refractivity contribution in [3.05, 3.63) is 69.8 Å². The molecule has 3 aromatic rings. The third-order valence-corrected chi connectivity index (χ3v) is 5.01. The van der Waals surface area contributed by atoms with E-state index in [1.165, 1.54) is 16.5 Å². The van der Waals surface area contributed by atoms with Crippen molar-refractivity contribution in [1.82, 2.24) is 9.55 Å². The van der Waals surface area contributed by atoms with Crippen LogP contribution in [0.3, 0.4) is 0 Å². The number of amides is 1. The summed E-state index contributed by atoms with van der Waals surface area (Å²) in [5.74, 6) is 0.463. The van der Waals surface area contributed by atoms with Crippen LogP contribution in [0, 0.1) is 6.92 Å². The Labute approximate surface area is 165 Å². The van der Waals surface area contributed by atoms with E-state index in [9.17, 15) is 9.59 Å². The van der Waals surface area contributed by atoms with Gasteiger partial charge < -0.3 is 5.32 Å². The molecule has 5 heteroatoms. The average molecular weight is 377 g/mol. The first kappa shape index (κ1) is 19.8. The van der Waals surface area contributed by atoms with Gasteiger partial charge in [-0.1, -0.05) is 52.0 Å². The zero-order chi connectivity index (χ0) is 20.4. The fourth-order valence-corrected chi connectivity index (χ4v) is 3.33. The van der Waals surface area contributed by atoms with Gasteiger partial charge in [0.25, 0.3) is 5.56 Å². The molecule has 0 unspecified atom stereocenters. The minimum atomic E-state index is -0.241. The Balaban J connectivity index is 1.86. The molecule has 146 valence electrons. The first-order valence-corrected chi connectivity index (χ1v) is 9.66. The molecule has 3 rings (SSSR count). The van der Waals surface area contributed by atoms with Crippen LogP contribution in [0.2, 0.25) is 0 Å². The van der Waals surface area contributed by atoms with E-state index in [0.717, 1.165) is 16.8 Å². The molecule has 0 saturated heterocycles. The third-order valence-electron chi connectivity index (χ3n) is 5.01. The van der Waals surface area contributed by atoms with E-state index in [1.807, 2.05) is 31.2 Å². The number of carbonyl (C=O) groups is 1. The zero-order valence-corrected chi connectivity index (χ0v) is 17.1. The van der Waals surface area contributed by atoms with E-state index in [4.69, 9.17) is 0 Å². The lowest BCUT2D eigenvalue weighted by molar-refractivity contribution is -0.116. The molecular formula is C23H27N3O2. The smallest absolute Gasteiger partial charge is 0.261 e. The lowest BCUT2D eigenvalue weighted by Crippen LogP contribution is -2.28. The second kappa shape index (κ2) is 7.97. The standard InChI is InChI=1S/C23H27N3O2/c1-14(2)17-9-10-20(19(11-17)15(3)4)25-21(27)12-26-13-24-22-16(5)7-6-8-18(22)23(26)28/h6-11,13-15H,12H2,1-5H3,(H,25,27). The molecule has 0 aliphatic rings. The first-order valence-electron chi connectivity index (χ1n) is 9.66. The summed E-state index contributed by atoms with van der Waals surface area (Å²) in [5.41, 5.74) is 4.55. The number of nitrogens with one attached hydrogen (secondary N) is 1. The molecule has 0 aliphatic carbocycles. The van der Waals surface area contributed by atoms with E-state index in [2.05, 4.69) is 44.1 Å². The molecule has 0 bridgehead atoms. The molecule has 28 heavy (non-hydrogen) atoms. The lowest BCUT2D eigenvalue weighted by Gasteiger charge is -2.17. The molecule has 0 saturated carbocycles. The van der Waals surface area contributed by atoms with Crippen molar-refractivity contribution in [2.75, 3.05) is 5.32 Å². The predicted molar refractivity (Wildman–Crippen MR) is 114 cm³/mol. The van der Waals surface area contributed by atoms with Gasteiger partial charge in [0.2, 0.25) is 5.91 Å². The van der Waals surface area contributed by atoms with Crippen molar-refractivity contribution in [3.8, 4) is 0 Å². The Hall–Kier alpha value is -2.95. The molecule has 5 nitrogen and oxygen atoms in total. The topological polar surface area (TPSA) is 64.0 Å². The van der Waals surface area contributed by atoms with Gasteiger partial charge >= 0.3 is 0 Å². The third kappa shape index (κ3) is 3.98. The van der Waals surface area contributed by atoms with Crippen molar-refractivity contribution in [3.63, 3.8) is 0 Å². The predicted octanol–water partition coefficient (Wildman–Crippen LogP) is 4.59. The summed E-state index contributed by atoms with van der Waals surface area (Å²) in [6, 6.07) is 11.6. The Morgan fingerprint density at radius 1 is 1.11 bits per heavy atom. The molecule has 0 spiro atoms. The van der Waals surface area contributed by atoms with Gasteiger partial charge in [0, 0.05) is 5.69 Å². The molecule has 1 amide bonds. The van der Waals surface area contributed by atoms with Crippen molar-refractivity contribution in [1.29, 1.82) is 0 Å². The fourth-order valence-electron chi connectivity index (χ4n) is 3.33. The number of benzene rings is 2. The highest BCUT2D eigenvalue weighted by atomic mass is 16.2. The van der Waals surface area contributed by atoms with Crippen LogP contribution in [0.5, 0.6) is 0 Å². The van der Waals surface area contributed by atoms with Crippen LogP contribution in [0.25, 0.3) is 10.9 Å². The number of hydrogen-bond donors (Lipinski definition) is 1. The van der Waals surface area contributed by atoms with Crippen LogP contribution in [0.1, 0.15) is 56.2 Å². The number of aromatic nitrogens is 2. The highest BCUT2D eigenvalue weighted by Crippen LogP contribution is 2.28. The highest BCUT2D eigenvalue weighted by molar-refractivity contribution is 5.91. The minimum Gasteiger partial charge on any atom is -0.324 e. The maximum atomic E-state index is 12.7. The van der Waals surface area contributed by atoms with Gasteiger partial charge in [0.05, 0.1) is 17.2 Å². The maximum Gasteiger partial charge on any atom is 0.261 e. The number of hydrogen-bond acceptors (Lipinski definition) is 3. The summed E-state index contributed by atoms with van der Waals surface area (Å²) in [4.78, 5) is 29.7. The minimum absolute atomic E-state index is 0.0703. The Kier molecular flexibility index (Phi) is 5.63. The second-order valence-electron chi connectivity index (χ2n) is 7.85. The molecule has 1 N–H and O–H groups in total. The van der Waals surface area contributed by atoms with Gasteiger partial charge in [-0.05, 0) is 47.6 Å². The summed E-state index contributed by atoms with van der Waals surface area (Å²) in [5, 5.41) is 3.49. The second-order valence-corrected chi connectivity index (χ2v) is 7.85. The monoisotopic (exact) mass is 377 g/mol. The van der Waals surface area contributed by atoms with Crippen LogP contribution in [-0.2, 0) is 11.3 Å². The molecule has 0 aliphatic heterocycles. The molecule has 1 aromatic heterocycles. The summed E-state index contributed by atoms with van der Waals surface area (Å²) in [7, 11) is 0. The van der Waals surface area contributed by atoms with Crippen molar-refractivity contribution in [2.24, 2.45) is 0 Å². The Morgan fingerprint density at radius 3 is 2.54 bits per heavy atom. The summed E-state index contributed by atoms with van der Waals surface area (Å²) >= 11 is 0. The Morgan fingerprint density at radius 2 is 1.86 bits per heavy atom. The van der Waals surface area contributed by atoms with Gasteiger partial charge in [0.15, 0.2) is 0 Å². The molecule has 0 radical (unpaired) electrons. The van der Waals surface area contributed by atoms with E-state index in [0.29, 0.717) is 16.8 Å². The number of carbonyl (C=O) groups excluding carboxylic acids is 1. The first-order chi connectivity index (χ1) is 13.3. The van der Waals surface area contributed by atoms with Crippen molar-refractivity contribution >= 4 is 22.5 Å². The number of aryl methyl sites for hydroxylation is 1. The molecule has 0 atom stereocenters. The number of anilines is 1. The normalized spacial score (nSPS) is 11.4. The van der Waals surface area contributed by atoms with Crippen LogP contribution in [0.4, 0.5) is 5.69 Å². The van der Waals surface area contributed by atoms with Crippen LogP contribution in [-0.4, -0.2) is 15.5 Å². The highest BCUT2D eigenvalue weighted by Gasteiger charge is 2.14. The van der Waals surface area contributed by atoms with E-state index >= 15 is 0 Å². The summed E-state index contributed by atoms with van der Waals surface area (Å²) in [6.45, 7) is 10.4. The average Bonchev–Trinajstić information content (AvgIpc) is 2.64. The largest absolute Gasteiger partial charge is 0.324 e. The van der Waals surface area contributed by atoms with Gasteiger partial charge in [-0.3, -0.25) is 14.2 Å². The van der Waals surface area contributed by atoms with Crippen LogP contribution in [0.15, 0.2) is 47.5 Å². The molecule has 2 aromatic carbocycles. The van der Waals surface area contributed by atoms with Gasteiger partial charge in [-0.2, -0.15) is 0 Å². The van der Waals surface area contributed by atoms with Crippen molar-refractivity contribution < 1.29 is 4.79 Å². The lowest BCUT2D eigenvalue weighted by atomic mass is 9.94. The Bertz CT molecular complexity index is 1080. The summed E-state index contributed by atoms with van der Waals surface area (Å²) < 4.78 is 1.36. The van der Waals surface area contributed by atoms with E-state index in [1.54, 1.807) is 6.07 Å².